The number of nitrogens with one attached hydrogen (secondary N) is 1. The summed E-state index contributed by atoms with van der Waals surface area (Å²) in [4.78, 5) is 23.1. The molecule has 0 aliphatic carbocycles. The Morgan fingerprint density at radius 2 is 1.91 bits per heavy atom. The summed E-state index contributed by atoms with van der Waals surface area (Å²) in [5.41, 5.74) is 1.88. The summed E-state index contributed by atoms with van der Waals surface area (Å²) >= 11 is 5.98. The van der Waals surface area contributed by atoms with E-state index in [9.17, 15) is 14.9 Å². The predicted molar refractivity (Wildman–Crippen MR) is 88.2 cm³/mol. The van der Waals surface area contributed by atoms with Crippen LogP contribution >= 0.6 is 11.6 Å². The molecule has 0 atom stereocenters. The first-order valence-electron chi connectivity index (χ1n) is 6.80. The lowest BCUT2D eigenvalue weighted by molar-refractivity contribution is -0.384. The van der Waals surface area contributed by atoms with Gasteiger partial charge in [0, 0.05) is 22.8 Å². The van der Waals surface area contributed by atoms with Crippen molar-refractivity contribution in [1.29, 1.82) is 0 Å². The number of rotatable bonds is 3. The molecule has 1 N–H and O–H groups in total. The Labute approximate surface area is 136 Å². The minimum Gasteiger partial charge on any atom is -0.295 e. The highest BCUT2D eigenvalue weighted by Gasteiger charge is 2.16. The molecule has 23 heavy (non-hydrogen) atoms. The number of nitro groups is 1. The van der Waals surface area contributed by atoms with Crippen LogP contribution in [0.3, 0.4) is 0 Å². The van der Waals surface area contributed by atoms with Crippen molar-refractivity contribution < 1.29 is 4.92 Å². The molecule has 0 saturated heterocycles. The van der Waals surface area contributed by atoms with E-state index in [1.54, 1.807) is 37.3 Å². The fraction of sp³-hybridized carbons (Fsp3) is 0.0625. The first-order chi connectivity index (χ1) is 11.0. The number of aromatic nitrogens is 2. The van der Waals surface area contributed by atoms with E-state index in [1.807, 2.05) is 0 Å². The van der Waals surface area contributed by atoms with Gasteiger partial charge in [0.2, 0.25) is 0 Å². The molecule has 7 heteroatoms. The zero-order valence-electron chi connectivity index (χ0n) is 12.1. The zero-order chi connectivity index (χ0) is 16.6. The fourth-order valence-corrected chi connectivity index (χ4v) is 2.65. The predicted octanol–water partition coefficient (Wildman–Crippen LogP) is 3.70. The normalized spacial score (nSPS) is 10.7. The molecule has 1 heterocycles. The van der Waals surface area contributed by atoms with Gasteiger partial charge in [-0.1, -0.05) is 29.8 Å². The van der Waals surface area contributed by atoms with Crippen molar-refractivity contribution in [3.05, 3.63) is 79.7 Å². The minimum absolute atomic E-state index is 0.0778. The standard InChI is InChI=1S/C16H12ClN3O3/c1-10-15(11-4-2-5-12(17)8-11)16(21)19(18-10)13-6-3-7-14(9-13)20(22)23/h2-9,18H,1H3. The van der Waals surface area contributed by atoms with Gasteiger partial charge in [0.25, 0.3) is 11.2 Å². The fourth-order valence-electron chi connectivity index (χ4n) is 2.46. The third-order valence-corrected chi connectivity index (χ3v) is 3.72. The quantitative estimate of drug-likeness (QED) is 0.587. The summed E-state index contributed by atoms with van der Waals surface area (Å²) < 4.78 is 1.29. The number of benzene rings is 2. The molecule has 0 bridgehead atoms. The van der Waals surface area contributed by atoms with Crippen LogP contribution in [0.1, 0.15) is 5.69 Å². The maximum Gasteiger partial charge on any atom is 0.279 e. The maximum atomic E-state index is 12.7. The van der Waals surface area contributed by atoms with Crippen molar-refractivity contribution in [3.63, 3.8) is 0 Å². The zero-order valence-corrected chi connectivity index (χ0v) is 12.9. The van der Waals surface area contributed by atoms with Crippen LogP contribution in [0.2, 0.25) is 5.02 Å². The van der Waals surface area contributed by atoms with E-state index in [-0.39, 0.29) is 11.2 Å². The van der Waals surface area contributed by atoms with Crippen molar-refractivity contribution in [2.75, 3.05) is 0 Å². The Morgan fingerprint density at radius 1 is 1.17 bits per heavy atom. The summed E-state index contributed by atoms with van der Waals surface area (Å²) in [5.74, 6) is 0. The number of aryl methyl sites for hydroxylation is 1. The first-order valence-corrected chi connectivity index (χ1v) is 7.17. The van der Waals surface area contributed by atoms with Crippen molar-refractivity contribution in [3.8, 4) is 16.8 Å². The SMILES string of the molecule is Cc1[nH]n(-c2cccc([N+](=O)[O-])c2)c(=O)c1-c1cccc(Cl)c1. The average molecular weight is 330 g/mol. The summed E-state index contributed by atoms with van der Waals surface area (Å²) in [6.45, 7) is 1.77. The van der Waals surface area contributed by atoms with Crippen molar-refractivity contribution in [2.24, 2.45) is 0 Å². The largest absolute Gasteiger partial charge is 0.295 e. The number of hydrogen-bond acceptors (Lipinski definition) is 3. The van der Waals surface area contributed by atoms with Crippen molar-refractivity contribution >= 4 is 17.3 Å². The Hall–Kier alpha value is -2.86. The molecule has 0 fully saturated rings. The number of aromatic amines is 1. The summed E-state index contributed by atoms with van der Waals surface area (Å²) in [5, 5.41) is 14.4. The van der Waals surface area contributed by atoms with Gasteiger partial charge < -0.3 is 0 Å². The Balaban J connectivity index is 2.17. The maximum absolute atomic E-state index is 12.7. The molecule has 1 aromatic heterocycles. The van der Waals surface area contributed by atoms with Crippen LogP contribution in [-0.4, -0.2) is 14.7 Å². The monoisotopic (exact) mass is 329 g/mol. The van der Waals surface area contributed by atoms with Gasteiger partial charge in [0.05, 0.1) is 16.2 Å². The molecule has 2 aromatic carbocycles. The Bertz CT molecular complexity index is 959. The summed E-state index contributed by atoms with van der Waals surface area (Å²) in [6.07, 6.45) is 0. The molecule has 0 aliphatic rings. The van der Waals surface area contributed by atoms with Gasteiger partial charge in [-0.25, -0.2) is 4.68 Å². The topological polar surface area (TPSA) is 80.9 Å². The van der Waals surface area contributed by atoms with E-state index in [1.165, 1.54) is 22.9 Å². The molecular weight excluding hydrogens is 318 g/mol. The molecule has 6 nitrogen and oxygen atoms in total. The number of nitrogens with zero attached hydrogens (tertiary/aromatic N) is 2. The van der Waals surface area contributed by atoms with Crippen LogP contribution < -0.4 is 5.56 Å². The smallest absolute Gasteiger partial charge is 0.279 e. The highest BCUT2D eigenvalue weighted by atomic mass is 35.5. The number of hydrogen-bond donors (Lipinski definition) is 1. The third-order valence-electron chi connectivity index (χ3n) is 3.48. The molecule has 3 aromatic rings. The molecule has 3 rings (SSSR count). The van der Waals surface area contributed by atoms with Crippen LogP contribution in [0.25, 0.3) is 16.8 Å². The van der Waals surface area contributed by atoms with E-state index in [0.29, 0.717) is 27.5 Å². The van der Waals surface area contributed by atoms with Gasteiger partial charge in [0.1, 0.15) is 0 Å². The first kappa shape index (κ1) is 15.1. The lowest BCUT2D eigenvalue weighted by Gasteiger charge is -2.01. The van der Waals surface area contributed by atoms with E-state index in [2.05, 4.69) is 5.10 Å². The average Bonchev–Trinajstić information content (AvgIpc) is 2.82. The molecule has 0 spiro atoms. The second-order valence-corrected chi connectivity index (χ2v) is 5.48. The molecule has 0 radical (unpaired) electrons. The highest BCUT2D eigenvalue weighted by Crippen LogP contribution is 2.23. The van der Waals surface area contributed by atoms with E-state index < -0.39 is 4.92 Å². The summed E-state index contributed by atoms with van der Waals surface area (Å²) in [7, 11) is 0. The molecule has 116 valence electrons. The van der Waals surface area contributed by atoms with E-state index >= 15 is 0 Å². The second-order valence-electron chi connectivity index (χ2n) is 5.04. The molecular formula is C16H12ClN3O3. The number of H-pyrrole nitrogens is 1. The lowest BCUT2D eigenvalue weighted by atomic mass is 10.1. The van der Waals surface area contributed by atoms with Gasteiger partial charge in [-0.3, -0.25) is 20.0 Å². The lowest BCUT2D eigenvalue weighted by Crippen LogP contribution is -2.15. The van der Waals surface area contributed by atoms with E-state index in [0.717, 1.165) is 0 Å². The minimum atomic E-state index is -0.498. The highest BCUT2D eigenvalue weighted by molar-refractivity contribution is 6.30. The van der Waals surface area contributed by atoms with Crippen molar-refractivity contribution in [1.82, 2.24) is 9.78 Å². The number of nitro benzene ring substituents is 1. The van der Waals surface area contributed by atoms with Crippen LogP contribution in [0, 0.1) is 17.0 Å². The van der Waals surface area contributed by atoms with Crippen molar-refractivity contribution in [2.45, 2.75) is 6.92 Å². The van der Waals surface area contributed by atoms with Gasteiger partial charge in [-0.05, 0) is 30.7 Å². The third kappa shape index (κ3) is 2.76. The van der Waals surface area contributed by atoms with Gasteiger partial charge in [-0.15, -0.1) is 0 Å². The van der Waals surface area contributed by atoms with Gasteiger partial charge >= 0.3 is 0 Å². The number of non-ortho nitro benzene ring substituents is 1. The van der Waals surface area contributed by atoms with Crippen LogP contribution in [0.4, 0.5) is 5.69 Å². The Kier molecular flexibility index (Phi) is 3.75. The molecule has 0 saturated carbocycles. The number of halogens is 1. The van der Waals surface area contributed by atoms with Crippen LogP contribution in [-0.2, 0) is 0 Å². The second kappa shape index (κ2) is 5.73. The van der Waals surface area contributed by atoms with Crippen LogP contribution in [0.5, 0.6) is 0 Å². The van der Waals surface area contributed by atoms with E-state index in [4.69, 9.17) is 11.6 Å². The molecule has 0 aliphatic heterocycles. The molecule has 0 unspecified atom stereocenters. The molecule has 0 amide bonds. The van der Waals surface area contributed by atoms with Crippen LogP contribution in [0.15, 0.2) is 53.3 Å². The van der Waals surface area contributed by atoms with Gasteiger partial charge in [0.15, 0.2) is 0 Å². The van der Waals surface area contributed by atoms with Gasteiger partial charge in [-0.2, -0.15) is 0 Å². The Morgan fingerprint density at radius 3 is 2.61 bits per heavy atom. The summed E-state index contributed by atoms with van der Waals surface area (Å²) in [6, 6.07) is 12.9.